The molecule has 0 saturated carbocycles. The molecular weight excluding hydrogens is 362 g/mol. The maximum absolute atomic E-state index is 12.8. The zero-order valence-electron chi connectivity index (χ0n) is 15.4. The zero-order chi connectivity index (χ0) is 20.4. The van der Waals surface area contributed by atoms with E-state index in [1.807, 2.05) is 0 Å². The highest BCUT2D eigenvalue weighted by atomic mass is 16.6. The van der Waals surface area contributed by atoms with Crippen molar-refractivity contribution in [3.05, 3.63) is 22.7 Å². The van der Waals surface area contributed by atoms with Crippen molar-refractivity contribution in [2.45, 2.75) is 49.9 Å². The molecule has 0 aliphatic carbocycles. The van der Waals surface area contributed by atoms with Gasteiger partial charge in [0.1, 0.15) is 24.1 Å². The van der Waals surface area contributed by atoms with Crippen LogP contribution in [0.5, 0.6) is 0 Å². The summed E-state index contributed by atoms with van der Waals surface area (Å²) < 4.78 is 16.6. The second kappa shape index (κ2) is 7.90. The molecule has 0 bridgehead atoms. The number of nitrogens with two attached hydrogens (primary N) is 1. The Morgan fingerprint density at radius 3 is 2.67 bits per heavy atom. The van der Waals surface area contributed by atoms with Crippen LogP contribution in [0.1, 0.15) is 20.3 Å². The number of anilines is 1. The highest BCUT2D eigenvalue weighted by Gasteiger charge is 2.62. The van der Waals surface area contributed by atoms with Gasteiger partial charge in [0.2, 0.25) is 0 Å². The molecule has 0 amide bonds. The van der Waals surface area contributed by atoms with Crippen LogP contribution in [0.4, 0.5) is 5.82 Å². The lowest BCUT2D eigenvalue weighted by molar-refractivity contribution is -0.203. The van der Waals surface area contributed by atoms with E-state index in [4.69, 9.17) is 19.9 Å². The van der Waals surface area contributed by atoms with Gasteiger partial charge in [-0.2, -0.15) is 4.98 Å². The second-order valence-electron chi connectivity index (χ2n) is 6.83. The summed E-state index contributed by atoms with van der Waals surface area (Å²) in [7, 11) is 1.51. The van der Waals surface area contributed by atoms with E-state index in [0.717, 1.165) is 6.20 Å². The molecule has 2 heterocycles. The minimum atomic E-state index is -2.41. The van der Waals surface area contributed by atoms with Crippen LogP contribution in [0.2, 0.25) is 0 Å². The Labute approximate surface area is 155 Å². The third-order valence-electron chi connectivity index (χ3n) is 4.58. The largest absolute Gasteiger partial charge is 0.462 e. The summed E-state index contributed by atoms with van der Waals surface area (Å²) in [5.74, 6) is -1.22. The first kappa shape index (κ1) is 21.3. The van der Waals surface area contributed by atoms with Gasteiger partial charge in [-0.1, -0.05) is 0 Å². The van der Waals surface area contributed by atoms with Crippen LogP contribution < -0.4 is 11.4 Å². The molecule has 1 fully saturated rings. The molecule has 11 nitrogen and oxygen atoms in total. The molecule has 1 aromatic rings. The number of nitrogen functional groups attached to an aromatic ring is 1. The molecule has 1 aliphatic heterocycles. The molecule has 0 spiro atoms. The number of esters is 1. The Bertz CT molecular complexity index is 737. The van der Waals surface area contributed by atoms with Crippen molar-refractivity contribution in [3.63, 3.8) is 0 Å². The van der Waals surface area contributed by atoms with Crippen molar-refractivity contribution >= 4 is 11.8 Å². The van der Waals surface area contributed by atoms with Crippen molar-refractivity contribution in [2.75, 3.05) is 26.1 Å². The number of methoxy groups -OCH3 is 1. The lowest BCUT2D eigenvalue weighted by Gasteiger charge is -2.31. The first-order valence-electron chi connectivity index (χ1n) is 8.32. The Hall–Kier alpha value is -2.05. The van der Waals surface area contributed by atoms with E-state index in [-0.39, 0.29) is 12.4 Å². The summed E-state index contributed by atoms with van der Waals surface area (Å²) in [6, 6.07) is 1.22. The zero-order valence-corrected chi connectivity index (χ0v) is 15.4. The normalized spacial score (nSPS) is 28.3. The van der Waals surface area contributed by atoms with Gasteiger partial charge in [-0.25, -0.2) is 9.59 Å². The van der Waals surface area contributed by atoms with Gasteiger partial charge in [0.25, 0.3) is 5.72 Å². The van der Waals surface area contributed by atoms with Gasteiger partial charge >= 0.3 is 11.7 Å². The summed E-state index contributed by atoms with van der Waals surface area (Å²) in [6.07, 6.45) is -3.42. The monoisotopic (exact) mass is 387 g/mol. The highest BCUT2D eigenvalue weighted by molar-refractivity contribution is 5.78. The van der Waals surface area contributed by atoms with Crippen molar-refractivity contribution in [1.29, 1.82) is 0 Å². The third-order valence-corrected chi connectivity index (χ3v) is 4.58. The smallest absolute Gasteiger partial charge is 0.363 e. The van der Waals surface area contributed by atoms with E-state index in [2.05, 4.69) is 4.98 Å². The number of ether oxygens (including phenoxy) is 3. The molecule has 11 heteroatoms. The van der Waals surface area contributed by atoms with Crippen molar-refractivity contribution in [3.8, 4) is 0 Å². The first-order valence-corrected chi connectivity index (χ1v) is 8.32. The number of hydrogen-bond acceptors (Lipinski definition) is 10. The van der Waals surface area contributed by atoms with Crippen LogP contribution >= 0.6 is 0 Å². The van der Waals surface area contributed by atoms with Crippen LogP contribution in [0.25, 0.3) is 0 Å². The van der Waals surface area contributed by atoms with Gasteiger partial charge in [-0.3, -0.25) is 4.57 Å². The molecule has 1 aromatic heterocycles. The molecule has 1 saturated heterocycles. The van der Waals surface area contributed by atoms with E-state index in [9.17, 15) is 24.9 Å². The van der Waals surface area contributed by atoms with Crippen molar-refractivity contribution in [2.24, 2.45) is 0 Å². The molecule has 4 atom stereocenters. The van der Waals surface area contributed by atoms with E-state index >= 15 is 0 Å². The quantitative estimate of drug-likeness (QED) is 0.382. The lowest BCUT2D eigenvalue weighted by atomic mass is 10.0. The summed E-state index contributed by atoms with van der Waals surface area (Å²) >= 11 is 0. The molecule has 152 valence electrons. The Morgan fingerprint density at radius 2 is 2.15 bits per heavy atom. The average Bonchev–Trinajstić information content (AvgIpc) is 2.87. The summed E-state index contributed by atoms with van der Waals surface area (Å²) in [5.41, 5.74) is 1.48. The maximum Gasteiger partial charge on any atom is 0.363 e. The van der Waals surface area contributed by atoms with Crippen LogP contribution in [-0.2, 0) is 24.7 Å². The summed E-state index contributed by atoms with van der Waals surface area (Å²) in [6.45, 7) is 2.78. The summed E-state index contributed by atoms with van der Waals surface area (Å²) in [5, 5.41) is 30.0. The maximum atomic E-state index is 12.8. The molecular formula is C16H25N3O8. The molecule has 2 rings (SSSR count). The lowest BCUT2D eigenvalue weighted by Crippen LogP contribution is -2.56. The molecule has 5 N–H and O–H groups in total. The fourth-order valence-corrected chi connectivity index (χ4v) is 2.68. The first-order chi connectivity index (χ1) is 12.6. The van der Waals surface area contributed by atoms with Crippen LogP contribution in [0, 0.1) is 0 Å². The minimum absolute atomic E-state index is 0.103. The molecule has 0 radical (unpaired) electrons. The van der Waals surface area contributed by atoms with Gasteiger partial charge < -0.3 is 35.3 Å². The van der Waals surface area contributed by atoms with Gasteiger partial charge in [0.15, 0.2) is 0 Å². The molecule has 0 unspecified atom stereocenters. The second-order valence-corrected chi connectivity index (χ2v) is 6.83. The van der Waals surface area contributed by atoms with E-state index in [1.54, 1.807) is 13.8 Å². The standard InChI is InChI=1S/C16H25N3O8/c1-15(2,25-3)5-7-26-13(23)16(12(22)11(21)9(8-20)27-16)19-6-4-10(17)18-14(19)24/h4,6,9,11-12,20-22H,5,7-8H2,1-3H3,(H2,17,18,24)/t9-,11-,12-,16+/m1/s1. The molecule has 0 aromatic carbocycles. The number of carbonyl (C=O) groups excluding carboxylic acids is 1. The van der Waals surface area contributed by atoms with Crippen LogP contribution in [0.3, 0.4) is 0 Å². The van der Waals surface area contributed by atoms with Crippen LogP contribution in [-0.4, -0.2) is 75.1 Å². The Balaban J connectivity index is 2.39. The number of hydrogen-bond donors (Lipinski definition) is 4. The van der Waals surface area contributed by atoms with Crippen molar-refractivity contribution in [1.82, 2.24) is 9.55 Å². The topological polar surface area (TPSA) is 166 Å². The van der Waals surface area contributed by atoms with E-state index in [1.165, 1.54) is 13.2 Å². The summed E-state index contributed by atoms with van der Waals surface area (Å²) in [4.78, 5) is 28.6. The van der Waals surface area contributed by atoms with Gasteiger partial charge in [-0.15, -0.1) is 0 Å². The Kier molecular flexibility index (Phi) is 6.22. The fourth-order valence-electron chi connectivity index (χ4n) is 2.68. The predicted octanol–water partition coefficient (Wildman–Crippen LogP) is -2.05. The number of carbonyl (C=O) groups is 1. The number of aliphatic hydroxyl groups excluding tert-OH is 3. The van der Waals surface area contributed by atoms with Crippen molar-refractivity contribution < 1.29 is 34.3 Å². The van der Waals surface area contributed by atoms with Gasteiger partial charge in [-0.05, 0) is 19.9 Å². The molecule has 27 heavy (non-hydrogen) atoms. The number of rotatable bonds is 7. The molecule has 1 aliphatic rings. The van der Waals surface area contributed by atoms with E-state index in [0.29, 0.717) is 11.0 Å². The number of aliphatic hydroxyl groups is 3. The Morgan fingerprint density at radius 1 is 1.48 bits per heavy atom. The minimum Gasteiger partial charge on any atom is -0.462 e. The predicted molar refractivity (Wildman–Crippen MR) is 91.5 cm³/mol. The van der Waals surface area contributed by atoms with E-state index < -0.39 is 47.9 Å². The highest BCUT2D eigenvalue weighted by Crippen LogP contribution is 2.36. The number of nitrogens with zero attached hydrogens (tertiary/aromatic N) is 2. The van der Waals surface area contributed by atoms with Crippen LogP contribution in [0.15, 0.2) is 17.1 Å². The average molecular weight is 387 g/mol. The van der Waals surface area contributed by atoms with Gasteiger partial charge in [0.05, 0.1) is 18.8 Å². The SMILES string of the molecule is COC(C)(C)CCOC(=O)[C@@]1(n2ccc(N)nc2=O)O[C@H](CO)[C@@H](O)[C@H]1O. The van der Waals surface area contributed by atoms with Gasteiger partial charge in [0, 0.05) is 19.7 Å². The fraction of sp³-hybridized carbons (Fsp3) is 0.688. The number of aromatic nitrogens is 2. The third kappa shape index (κ3) is 3.96.